The van der Waals surface area contributed by atoms with Crippen LogP contribution in [-0.4, -0.2) is 5.78 Å². The average molecular weight is 336 g/mol. The third kappa shape index (κ3) is 2.75. The number of benzene rings is 2. The lowest BCUT2D eigenvalue weighted by molar-refractivity contribution is 0.103. The van der Waals surface area contributed by atoms with E-state index in [0.717, 1.165) is 21.1 Å². The van der Waals surface area contributed by atoms with Gasteiger partial charge in [-0.05, 0) is 12.5 Å². The smallest absolute Gasteiger partial charge is 0.193 e. The van der Waals surface area contributed by atoms with Gasteiger partial charge >= 0.3 is 0 Å². The van der Waals surface area contributed by atoms with Gasteiger partial charge in [0.05, 0.1) is 0 Å². The van der Waals surface area contributed by atoms with Crippen LogP contribution in [0.2, 0.25) is 0 Å². The third-order valence-corrected chi connectivity index (χ3v) is 3.54. The Bertz CT molecular complexity index is 529. The van der Waals surface area contributed by atoms with Crippen LogP contribution in [0.15, 0.2) is 48.5 Å². The Hall–Kier alpha value is -1.16. The van der Waals surface area contributed by atoms with E-state index >= 15 is 0 Å². The maximum absolute atomic E-state index is 12.3. The minimum atomic E-state index is 0.109. The van der Waals surface area contributed by atoms with Crippen molar-refractivity contribution in [2.75, 3.05) is 0 Å². The zero-order valence-corrected chi connectivity index (χ0v) is 11.8. The Balaban J connectivity index is 2.40. The van der Waals surface area contributed by atoms with Crippen molar-refractivity contribution in [3.8, 4) is 0 Å². The van der Waals surface area contributed by atoms with E-state index in [9.17, 15) is 4.79 Å². The maximum Gasteiger partial charge on any atom is 0.193 e. The van der Waals surface area contributed by atoms with Crippen LogP contribution in [0.5, 0.6) is 0 Å². The second kappa shape index (κ2) is 5.45. The van der Waals surface area contributed by atoms with Gasteiger partial charge in [0.25, 0.3) is 0 Å². The summed E-state index contributed by atoms with van der Waals surface area (Å²) in [6.07, 6.45) is 0. The molecular weight excluding hydrogens is 323 g/mol. The third-order valence-electron chi connectivity index (χ3n) is 2.72. The van der Waals surface area contributed by atoms with Gasteiger partial charge in [-0.3, -0.25) is 4.79 Å². The first-order chi connectivity index (χ1) is 8.22. The van der Waals surface area contributed by atoms with E-state index in [2.05, 4.69) is 22.6 Å². The predicted molar refractivity (Wildman–Crippen MR) is 78.8 cm³/mol. The largest absolute Gasteiger partial charge is 0.289 e. The molecule has 1 nitrogen and oxygen atoms in total. The van der Waals surface area contributed by atoms with E-state index < -0.39 is 0 Å². The molecule has 0 aliphatic heterocycles. The maximum atomic E-state index is 12.3. The molecule has 0 aliphatic rings. The lowest BCUT2D eigenvalue weighted by Gasteiger charge is -2.06. The summed E-state index contributed by atoms with van der Waals surface area (Å²) in [5, 5.41) is 0. The number of rotatable bonds is 3. The molecule has 0 fully saturated rings. The van der Waals surface area contributed by atoms with Gasteiger partial charge in [-0.1, -0.05) is 76.7 Å². The summed E-state index contributed by atoms with van der Waals surface area (Å²) in [4.78, 5) is 12.3. The monoisotopic (exact) mass is 336 g/mol. The fourth-order valence-corrected chi connectivity index (χ4v) is 2.38. The number of hydrogen-bond acceptors (Lipinski definition) is 1. The van der Waals surface area contributed by atoms with Gasteiger partial charge in [0.1, 0.15) is 0 Å². The topological polar surface area (TPSA) is 17.1 Å². The molecule has 86 valence electrons. The van der Waals surface area contributed by atoms with E-state index in [1.807, 2.05) is 55.5 Å². The molecule has 17 heavy (non-hydrogen) atoms. The van der Waals surface area contributed by atoms with E-state index in [-0.39, 0.29) is 5.78 Å². The number of carbonyl (C=O) groups excluding carboxylic acids is 1. The molecule has 0 aromatic heterocycles. The van der Waals surface area contributed by atoms with Crippen molar-refractivity contribution in [2.45, 2.75) is 11.4 Å². The predicted octanol–water partition coefficient (Wildman–Crippen LogP) is 4.16. The standard InChI is InChI=1S/C15H13IO/c1-11-6-8-12(9-7-11)15(17)14-5-3-2-4-13(14)10-16/h2-9H,10H2,1H3. The molecule has 0 saturated carbocycles. The molecule has 0 unspecified atom stereocenters. The van der Waals surface area contributed by atoms with Crippen LogP contribution in [0.3, 0.4) is 0 Å². The van der Waals surface area contributed by atoms with Crippen molar-refractivity contribution in [3.63, 3.8) is 0 Å². The summed E-state index contributed by atoms with van der Waals surface area (Å²) in [6.45, 7) is 2.02. The molecular formula is C15H13IO. The number of carbonyl (C=O) groups is 1. The molecule has 2 aromatic carbocycles. The number of alkyl halides is 1. The second-order valence-electron chi connectivity index (χ2n) is 3.99. The highest BCUT2D eigenvalue weighted by molar-refractivity contribution is 14.1. The number of ketones is 1. The first-order valence-electron chi connectivity index (χ1n) is 5.47. The Kier molecular flexibility index (Phi) is 3.94. The molecule has 0 amide bonds. The molecule has 2 aromatic rings. The minimum absolute atomic E-state index is 0.109. The summed E-state index contributed by atoms with van der Waals surface area (Å²) < 4.78 is 0.853. The number of aryl methyl sites for hydroxylation is 1. The molecule has 0 spiro atoms. The minimum Gasteiger partial charge on any atom is -0.289 e. The van der Waals surface area contributed by atoms with Crippen LogP contribution in [0.25, 0.3) is 0 Å². The Morgan fingerprint density at radius 3 is 2.35 bits per heavy atom. The van der Waals surface area contributed by atoms with E-state index in [1.165, 1.54) is 5.56 Å². The van der Waals surface area contributed by atoms with Crippen LogP contribution in [-0.2, 0) is 4.43 Å². The first kappa shape index (κ1) is 12.3. The molecule has 2 rings (SSSR count). The highest BCUT2D eigenvalue weighted by Gasteiger charge is 2.11. The van der Waals surface area contributed by atoms with Crippen LogP contribution in [0, 0.1) is 6.92 Å². The molecule has 0 radical (unpaired) electrons. The van der Waals surface area contributed by atoms with Crippen molar-refractivity contribution in [3.05, 3.63) is 70.8 Å². The van der Waals surface area contributed by atoms with Gasteiger partial charge in [-0.15, -0.1) is 0 Å². The molecule has 0 saturated heterocycles. The fraction of sp³-hybridized carbons (Fsp3) is 0.133. The van der Waals surface area contributed by atoms with Crippen LogP contribution in [0.1, 0.15) is 27.0 Å². The Morgan fingerprint density at radius 1 is 1.06 bits per heavy atom. The van der Waals surface area contributed by atoms with Gasteiger partial charge in [-0.25, -0.2) is 0 Å². The summed E-state index contributed by atoms with van der Waals surface area (Å²) in [5.41, 5.74) is 3.83. The van der Waals surface area contributed by atoms with Crippen LogP contribution >= 0.6 is 22.6 Å². The van der Waals surface area contributed by atoms with Crippen LogP contribution in [0.4, 0.5) is 0 Å². The van der Waals surface area contributed by atoms with Gasteiger partial charge in [0.15, 0.2) is 5.78 Å². The van der Waals surface area contributed by atoms with Gasteiger partial charge < -0.3 is 0 Å². The molecule has 0 aliphatic carbocycles. The quantitative estimate of drug-likeness (QED) is 0.467. The van der Waals surface area contributed by atoms with Crippen molar-refractivity contribution < 1.29 is 4.79 Å². The summed E-state index contributed by atoms with van der Waals surface area (Å²) in [6, 6.07) is 15.5. The van der Waals surface area contributed by atoms with Gasteiger partial charge in [0, 0.05) is 15.6 Å². The van der Waals surface area contributed by atoms with E-state index in [4.69, 9.17) is 0 Å². The lowest BCUT2D eigenvalue weighted by Crippen LogP contribution is -2.04. The summed E-state index contributed by atoms with van der Waals surface area (Å²) in [7, 11) is 0. The van der Waals surface area contributed by atoms with Crippen LogP contribution < -0.4 is 0 Å². The molecule has 0 heterocycles. The highest BCUT2D eigenvalue weighted by Crippen LogP contribution is 2.17. The summed E-state index contributed by atoms with van der Waals surface area (Å²) in [5.74, 6) is 0.109. The lowest BCUT2D eigenvalue weighted by atomic mass is 9.99. The zero-order valence-electron chi connectivity index (χ0n) is 9.61. The zero-order chi connectivity index (χ0) is 12.3. The van der Waals surface area contributed by atoms with Crippen molar-refractivity contribution >= 4 is 28.4 Å². The number of hydrogen-bond donors (Lipinski definition) is 0. The second-order valence-corrected chi connectivity index (χ2v) is 4.75. The highest BCUT2D eigenvalue weighted by atomic mass is 127. The van der Waals surface area contributed by atoms with Crippen molar-refractivity contribution in [1.29, 1.82) is 0 Å². The molecule has 0 atom stereocenters. The average Bonchev–Trinajstić information content (AvgIpc) is 2.39. The van der Waals surface area contributed by atoms with E-state index in [1.54, 1.807) is 0 Å². The Morgan fingerprint density at radius 2 is 1.71 bits per heavy atom. The van der Waals surface area contributed by atoms with Crippen molar-refractivity contribution in [2.24, 2.45) is 0 Å². The fourth-order valence-electron chi connectivity index (χ4n) is 1.72. The summed E-state index contributed by atoms with van der Waals surface area (Å²) >= 11 is 2.28. The first-order valence-corrected chi connectivity index (χ1v) is 7.00. The van der Waals surface area contributed by atoms with Crippen molar-refractivity contribution in [1.82, 2.24) is 0 Å². The van der Waals surface area contributed by atoms with E-state index in [0.29, 0.717) is 0 Å². The van der Waals surface area contributed by atoms with Gasteiger partial charge in [-0.2, -0.15) is 0 Å². The number of halogens is 1. The molecule has 2 heteroatoms. The Labute approximate surface area is 115 Å². The SMILES string of the molecule is Cc1ccc(C(=O)c2ccccc2CI)cc1. The van der Waals surface area contributed by atoms with Gasteiger partial charge in [0.2, 0.25) is 0 Å². The molecule has 0 bridgehead atoms. The molecule has 0 N–H and O–H groups in total. The normalized spacial score (nSPS) is 10.2.